The summed E-state index contributed by atoms with van der Waals surface area (Å²) < 4.78 is 5.80. The molecule has 1 nitrogen and oxygen atoms in total. The summed E-state index contributed by atoms with van der Waals surface area (Å²) in [6.07, 6.45) is 5.72. The molecular weight excluding hydrogens is 172 g/mol. The summed E-state index contributed by atoms with van der Waals surface area (Å²) in [5, 5.41) is 0. The van der Waals surface area contributed by atoms with Crippen LogP contribution in [0, 0.1) is 11.3 Å². The van der Waals surface area contributed by atoms with Gasteiger partial charge in [0.25, 0.3) is 0 Å². The largest absolute Gasteiger partial charge is 0.377 e. The van der Waals surface area contributed by atoms with Gasteiger partial charge >= 0.3 is 0 Å². The Morgan fingerprint density at radius 3 is 2.57 bits per heavy atom. The average molecular weight is 194 g/mol. The molecular formula is C13H22O. The maximum absolute atomic E-state index is 5.80. The molecule has 1 heterocycles. The highest BCUT2D eigenvalue weighted by atomic mass is 16.5. The minimum Gasteiger partial charge on any atom is -0.377 e. The van der Waals surface area contributed by atoms with Gasteiger partial charge in [-0.1, -0.05) is 45.1 Å². The van der Waals surface area contributed by atoms with E-state index in [9.17, 15) is 0 Å². The van der Waals surface area contributed by atoms with Gasteiger partial charge in [-0.05, 0) is 18.8 Å². The van der Waals surface area contributed by atoms with Crippen molar-refractivity contribution in [3.05, 3.63) is 24.3 Å². The van der Waals surface area contributed by atoms with Crippen molar-refractivity contribution < 1.29 is 4.74 Å². The molecule has 0 spiro atoms. The molecule has 1 saturated heterocycles. The van der Waals surface area contributed by atoms with E-state index >= 15 is 0 Å². The predicted molar refractivity (Wildman–Crippen MR) is 61.3 cm³/mol. The van der Waals surface area contributed by atoms with E-state index in [-0.39, 0.29) is 5.41 Å². The van der Waals surface area contributed by atoms with Crippen molar-refractivity contribution in [1.29, 1.82) is 0 Å². The van der Waals surface area contributed by atoms with Crippen LogP contribution in [-0.4, -0.2) is 12.7 Å². The molecule has 0 unspecified atom stereocenters. The number of allylic oxidation sites excluding steroid dienone is 2. The predicted octanol–water partition coefficient (Wildman–Crippen LogP) is 3.57. The van der Waals surface area contributed by atoms with Crippen LogP contribution < -0.4 is 0 Å². The molecule has 1 aliphatic rings. The molecule has 0 aromatic heterocycles. The summed E-state index contributed by atoms with van der Waals surface area (Å²) in [6, 6.07) is 0. The van der Waals surface area contributed by atoms with Gasteiger partial charge in [-0.15, -0.1) is 0 Å². The highest BCUT2D eigenvalue weighted by Gasteiger charge is 2.35. The molecule has 1 rings (SSSR count). The Balaban J connectivity index is 2.74. The Morgan fingerprint density at radius 1 is 1.43 bits per heavy atom. The highest BCUT2D eigenvalue weighted by Crippen LogP contribution is 2.35. The van der Waals surface area contributed by atoms with Crippen LogP contribution in [0.4, 0.5) is 0 Å². The van der Waals surface area contributed by atoms with Crippen LogP contribution >= 0.6 is 0 Å². The van der Waals surface area contributed by atoms with Crippen molar-refractivity contribution >= 4 is 0 Å². The zero-order valence-corrected chi connectivity index (χ0v) is 9.84. The quantitative estimate of drug-likeness (QED) is 0.611. The molecule has 1 aliphatic heterocycles. The van der Waals surface area contributed by atoms with Gasteiger partial charge in [-0.25, -0.2) is 0 Å². The third-order valence-corrected chi connectivity index (χ3v) is 2.79. The fourth-order valence-electron chi connectivity index (χ4n) is 2.07. The average Bonchev–Trinajstić information content (AvgIpc) is 2.51. The normalized spacial score (nSPS) is 29.3. The summed E-state index contributed by atoms with van der Waals surface area (Å²) in [5.41, 5.74) is 1.49. The topological polar surface area (TPSA) is 9.23 Å². The zero-order chi connectivity index (χ0) is 10.8. The molecule has 0 amide bonds. The minimum atomic E-state index is 0.235. The lowest BCUT2D eigenvalue weighted by atomic mass is 9.81. The van der Waals surface area contributed by atoms with Crippen molar-refractivity contribution in [2.75, 3.05) is 6.61 Å². The standard InChI is InChI=1S/C13H22O/c1-6-10(2)9-11-7-8-14-12(11)13(3,4)5/h6,9,11-12H,1,7-8H2,2-5H3/b10-9+/t11-,12-/m1/s1. The van der Waals surface area contributed by atoms with E-state index in [1.807, 2.05) is 6.08 Å². The second kappa shape index (κ2) is 4.31. The first-order valence-electron chi connectivity index (χ1n) is 5.37. The van der Waals surface area contributed by atoms with Gasteiger partial charge in [0.15, 0.2) is 0 Å². The van der Waals surface area contributed by atoms with Gasteiger partial charge in [0, 0.05) is 12.5 Å². The summed E-state index contributed by atoms with van der Waals surface area (Å²) in [6.45, 7) is 13.5. The minimum absolute atomic E-state index is 0.235. The van der Waals surface area contributed by atoms with Gasteiger partial charge in [-0.3, -0.25) is 0 Å². The van der Waals surface area contributed by atoms with E-state index < -0.39 is 0 Å². The number of hydrogen-bond donors (Lipinski definition) is 0. The highest BCUT2D eigenvalue weighted by molar-refractivity contribution is 5.16. The molecule has 80 valence electrons. The Labute approximate surface area is 87.8 Å². The van der Waals surface area contributed by atoms with Crippen molar-refractivity contribution in [3.8, 4) is 0 Å². The maximum atomic E-state index is 5.80. The Morgan fingerprint density at radius 2 is 2.07 bits per heavy atom. The third-order valence-electron chi connectivity index (χ3n) is 2.79. The fourth-order valence-corrected chi connectivity index (χ4v) is 2.07. The van der Waals surface area contributed by atoms with Crippen molar-refractivity contribution in [2.45, 2.75) is 40.2 Å². The first kappa shape index (κ1) is 11.5. The van der Waals surface area contributed by atoms with Gasteiger partial charge in [0.2, 0.25) is 0 Å². The first-order chi connectivity index (χ1) is 6.45. The molecule has 2 atom stereocenters. The third kappa shape index (κ3) is 2.71. The maximum Gasteiger partial charge on any atom is 0.0686 e. The van der Waals surface area contributed by atoms with Gasteiger partial charge in [0.1, 0.15) is 0 Å². The van der Waals surface area contributed by atoms with Crippen LogP contribution in [0.5, 0.6) is 0 Å². The Kier molecular flexibility index (Phi) is 3.54. The molecule has 0 saturated carbocycles. The van der Waals surface area contributed by atoms with E-state index in [4.69, 9.17) is 4.74 Å². The fraction of sp³-hybridized carbons (Fsp3) is 0.692. The van der Waals surface area contributed by atoms with E-state index in [2.05, 4.69) is 40.3 Å². The molecule has 0 aromatic carbocycles. The summed E-state index contributed by atoms with van der Waals surface area (Å²) in [7, 11) is 0. The van der Waals surface area contributed by atoms with E-state index in [0.29, 0.717) is 12.0 Å². The SMILES string of the molecule is C=C/C(C)=C/[C@H]1CCO[C@H]1C(C)(C)C. The molecule has 0 aliphatic carbocycles. The summed E-state index contributed by atoms with van der Waals surface area (Å²) >= 11 is 0. The van der Waals surface area contributed by atoms with E-state index in [1.165, 1.54) is 5.57 Å². The van der Waals surface area contributed by atoms with Gasteiger partial charge in [-0.2, -0.15) is 0 Å². The van der Waals surface area contributed by atoms with Gasteiger partial charge < -0.3 is 4.74 Å². The lowest BCUT2D eigenvalue weighted by Gasteiger charge is -2.30. The van der Waals surface area contributed by atoms with Crippen molar-refractivity contribution in [2.24, 2.45) is 11.3 Å². The van der Waals surface area contributed by atoms with Crippen LogP contribution in [0.15, 0.2) is 24.3 Å². The van der Waals surface area contributed by atoms with E-state index in [0.717, 1.165) is 13.0 Å². The number of hydrogen-bond acceptors (Lipinski definition) is 1. The zero-order valence-electron chi connectivity index (χ0n) is 9.84. The Bertz CT molecular complexity index is 232. The molecule has 0 N–H and O–H groups in total. The molecule has 0 aromatic rings. The van der Waals surface area contributed by atoms with Crippen molar-refractivity contribution in [1.82, 2.24) is 0 Å². The van der Waals surface area contributed by atoms with Gasteiger partial charge in [0.05, 0.1) is 6.10 Å². The molecule has 0 radical (unpaired) electrons. The van der Waals surface area contributed by atoms with Crippen LogP contribution in [0.1, 0.15) is 34.1 Å². The molecule has 14 heavy (non-hydrogen) atoms. The molecule has 1 fully saturated rings. The second-order valence-corrected chi connectivity index (χ2v) is 5.22. The smallest absolute Gasteiger partial charge is 0.0686 e. The number of ether oxygens (including phenoxy) is 1. The molecule has 1 heteroatoms. The second-order valence-electron chi connectivity index (χ2n) is 5.22. The first-order valence-corrected chi connectivity index (χ1v) is 5.37. The van der Waals surface area contributed by atoms with Crippen LogP contribution in [0.25, 0.3) is 0 Å². The molecule has 0 bridgehead atoms. The van der Waals surface area contributed by atoms with Crippen LogP contribution in [0.3, 0.4) is 0 Å². The van der Waals surface area contributed by atoms with Crippen molar-refractivity contribution in [3.63, 3.8) is 0 Å². The monoisotopic (exact) mass is 194 g/mol. The van der Waals surface area contributed by atoms with E-state index in [1.54, 1.807) is 0 Å². The number of rotatable bonds is 2. The lowest BCUT2D eigenvalue weighted by molar-refractivity contribution is 0.0155. The lowest BCUT2D eigenvalue weighted by Crippen LogP contribution is -2.30. The Hall–Kier alpha value is -0.560. The summed E-state index contributed by atoms with van der Waals surface area (Å²) in [5.74, 6) is 0.563. The van der Waals surface area contributed by atoms with Crippen LogP contribution in [-0.2, 0) is 4.74 Å². The summed E-state index contributed by atoms with van der Waals surface area (Å²) in [4.78, 5) is 0. The van der Waals surface area contributed by atoms with Crippen LogP contribution in [0.2, 0.25) is 0 Å².